The third kappa shape index (κ3) is 4.21. The van der Waals surface area contributed by atoms with Crippen LogP contribution in [0.15, 0.2) is 6.20 Å². The van der Waals surface area contributed by atoms with E-state index in [2.05, 4.69) is 21.9 Å². The van der Waals surface area contributed by atoms with E-state index < -0.39 is 5.97 Å². The number of rotatable bonds is 6. The zero-order valence-corrected chi connectivity index (χ0v) is 11.9. The van der Waals surface area contributed by atoms with Crippen LogP contribution in [0.1, 0.15) is 36.2 Å². The molecule has 0 bridgehead atoms. The number of carboxylic acid groups (broad SMARTS) is 1. The second kappa shape index (κ2) is 6.91. The Balaban J connectivity index is 1.72. The quantitative estimate of drug-likeness (QED) is 0.818. The molecule has 1 aromatic rings. The summed E-state index contributed by atoms with van der Waals surface area (Å²) < 4.78 is 1.57. The molecule has 2 atom stereocenters. The van der Waals surface area contributed by atoms with Gasteiger partial charge in [-0.05, 0) is 25.5 Å². The zero-order valence-electron chi connectivity index (χ0n) is 11.1. The number of carbonyl (C=O) groups is 1. The Morgan fingerprint density at radius 1 is 1.63 bits per heavy atom. The number of nitrogens with one attached hydrogen (secondary N) is 1. The predicted octanol–water partition coefficient (Wildman–Crippen LogP) is 1.24. The van der Waals surface area contributed by atoms with Crippen molar-refractivity contribution in [2.45, 2.75) is 43.5 Å². The lowest BCUT2D eigenvalue weighted by Gasteiger charge is -2.28. The molecule has 1 fully saturated rings. The second-order valence-corrected chi connectivity index (χ2v) is 5.99. The van der Waals surface area contributed by atoms with Crippen LogP contribution in [0.4, 0.5) is 0 Å². The van der Waals surface area contributed by atoms with Gasteiger partial charge < -0.3 is 10.4 Å². The van der Waals surface area contributed by atoms with Gasteiger partial charge in [-0.25, -0.2) is 4.79 Å². The first-order valence-electron chi connectivity index (χ1n) is 6.58. The van der Waals surface area contributed by atoms with Gasteiger partial charge in [-0.15, -0.1) is 5.10 Å². The minimum Gasteiger partial charge on any atom is -0.476 e. The molecule has 1 aliphatic carbocycles. The summed E-state index contributed by atoms with van der Waals surface area (Å²) in [5, 5.41) is 20.4. The molecule has 19 heavy (non-hydrogen) atoms. The SMILES string of the molecule is CSC1CCCC(NCCn2cc(C(=O)O)nn2)C1. The smallest absolute Gasteiger partial charge is 0.358 e. The first kappa shape index (κ1) is 14.3. The summed E-state index contributed by atoms with van der Waals surface area (Å²) in [6, 6.07) is 0.577. The number of thioether (sulfide) groups is 1. The maximum Gasteiger partial charge on any atom is 0.358 e. The summed E-state index contributed by atoms with van der Waals surface area (Å²) >= 11 is 1.95. The highest BCUT2D eigenvalue weighted by molar-refractivity contribution is 7.99. The Morgan fingerprint density at radius 3 is 3.16 bits per heavy atom. The Labute approximate surface area is 116 Å². The van der Waals surface area contributed by atoms with Crippen molar-refractivity contribution in [3.8, 4) is 0 Å². The molecule has 106 valence electrons. The van der Waals surface area contributed by atoms with Crippen molar-refractivity contribution in [3.63, 3.8) is 0 Å². The number of aromatic nitrogens is 3. The molecule has 0 aliphatic heterocycles. The van der Waals surface area contributed by atoms with Crippen LogP contribution in [0.3, 0.4) is 0 Å². The van der Waals surface area contributed by atoms with E-state index in [4.69, 9.17) is 5.11 Å². The molecule has 0 spiro atoms. The number of nitrogens with zero attached hydrogens (tertiary/aromatic N) is 3. The van der Waals surface area contributed by atoms with Crippen molar-refractivity contribution in [1.29, 1.82) is 0 Å². The molecular weight excluding hydrogens is 264 g/mol. The number of carboxylic acids is 1. The molecule has 0 amide bonds. The predicted molar refractivity (Wildman–Crippen MR) is 74.5 cm³/mol. The third-order valence-electron chi connectivity index (χ3n) is 3.49. The Kier molecular flexibility index (Phi) is 5.21. The van der Waals surface area contributed by atoms with Gasteiger partial charge in [0.1, 0.15) is 0 Å². The van der Waals surface area contributed by atoms with Crippen LogP contribution >= 0.6 is 11.8 Å². The van der Waals surface area contributed by atoms with Crippen LogP contribution in [0, 0.1) is 0 Å². The fourth-order valence-corrected chi connectivity index (χ4v) is 3.26. The topological polar surface area (TPSA) is 80.0 Å². The van der Waals surface area contributed by atoms with Crippen LogP contribution in [-0.2, 0) is 6.54 Å². The minimum absolute atomic E-state index is 0.000105. The lowest BCUT2D eigenvalue weighted by molar-refractivity contribution is 0.0690. The van der Waals surface area contributed by atoms with Crippen molar-refractivity contribution in [2.75, 3.05) is 12.8 Å². The van der Waals surface area contributed by atoms with Crippen LogP contribution in [0.2, 0.25) is 0 Å². The summed E-state index contributed by atoms with van der Waals surface area (Å²) in [6.45, 7) is 1.45. The van der Waals surface area contributed by atoms with Crippen molar-refractivity contribution in [1.82, 2.24) is 20.3 Å². The summed E-state index contributed by atoms with van der Waals surface area (Å²) in [5.74, 6) is -1.03. The molecule has 0 saturated heterocycles. The minimum atomic E-state index is -1.03. The van der Waals surface area contributed by atoms with Gasteiger partial charge in [0.15, 0.2) is 5.69 Å². The number of hydrogen-bond donors (Lipinski definition) is 2. The van der Waals surface area contributed by atoms with E-state index in [-0.39, 0.29) is 5.69 Å². The highest BCUT2D eigenvalue weighted by Gasteiger charge is 2.20. The first-order chi connectivity index (χ1) is 9.19. The van der Waals surface area contributed by atoms with Gasteiger partial charge >= 0.3 is 5.97 Å². The molecule has 1 heterocycles. The largest absolute Gasteiger partial charge is 0.476 e. The highest BCUT2D eigenvalue weighted by Crippen LogP contribution is 2.26. The second-order valence-electron chi connectivity index (χ2n) is 4.85. The van der Waals surface area contributed by atoms with Crippen LogP contribution in [0.5, 0.6) is 0 Å². The zero-order chi connectivity index (χ0) is 13.7. The average Bonchev–Trinajstić information content (AvgIpc) is 2.88. The van der Waals surface area contributed by atoms with Crippen molar-refractivity contribution >= 4 is 17.7 Å². The number of aromatic carboxylic acids is 1. The maximum absolute atomic E-state index is 10.7. The summed E-state index contributed by atoms with van der Waals surface area (Å²) in [4.78, 5) is 10.7. The van der Waals surface area contributed by atoms with Crippen LogP contribution < -0.4 is 5.32 Å². The summed E-state index contributed by atoms with van der Waals surface area (Å²) in [6.07, 6.45) is 8.71. The molecule has 0 radical (unpaired) electrons. The average molecular weight is 284 g/mol. The van der Waals surface area contributed by atoms with E-state index in [0.29, 0.717) is 12.6 Å². The summed E-state index contributed by atoms with van der Waals surface area (Å²) in [7, 11) is 0. The van der Waals surface area contributed by atoms with E-state index in [1.54, 1.807) is 4.68 Å². The van der Waals surface area contributed by atoms with Gasteiger partial charge in [-0.2, -0.15) is 11.8 Å². The van der Waals surface area contributed by atoms with Crippen LogP contribution in [0.25, 0.3) is 0 Å². The van der Waals surface area contributed by atoms with Gasteiger partial charge in [-0.3, -0.25) is 4.68 Å². The van der Waals surface area contributed by atoms with Gasteiger partial charge in [0.05, 0.1) is 12.7 Å². The monoisotopic (exact) mass is 284 g/mol. The van der Waals surface area contributed by atoms with E-state index in [1.165, 1.54) is 31.9 Å². The van der Waals surface area contributed by atoms with E-state index >= 15 is 0 Å². The van der Waals surface area contributed by atoms with Crippen LogP contribution in [-0.4, -0.2) is 50.2 Å². The molecular formula is C12H20N4O2S. The highest BCUT2D eigenvalue weighted by atomic mass is 32.2. The summed E-state index contributed by atoms with van der Waals surface area (Å²) in [5.41, 5.74) is 0.000105. The molecule has 7 heteroatoms. The number of hydrogen-bond acceptors (Lipinski definition) is 5. The molecule has 6 nitrogen and oxygen atoms in total. The lowest BCUT2D eigenvalue weighted by Crippen LogP contribution is -2.36. The van der Waals surface area contributed by atoms with Crippen molar-refractivity contribution < 1.29 is 9.90 Å². The molecule has 2 unspecified atom stereocenters. The van der Waals surface area contributed by atoms with Crippen molar-refractivity contribution in [2.24, 2.45) is 0 Å². The van der Waals surface area contributed by atoms with E-state index in [0.717, 1.165) is 11.8 Å². The Morgan fingerprint density at radius 2 is 2.47 bits per heavy atom. The lowest BCUT2D eigenvalue weighted by atomic mass is 9.95. The normalized spacial score (nSPS) is 23.4. The first-order valence-corrected chi connectivity index (χ1v) is 7.87. The van der Waals surface area contributed by atoms with Gasteiger partial charge in [0.25, 0.3) is 0 Å². The molecule has 0 aromatic carbocycles. The standard InChI is InChI=1S/C12H20N4O2S/c1-19-10-4-2-3-9(7-10)13-5-6-16-8-11(12(17)18)14-15-16/h8-10,13H,2-7H2,1H3,(H,17,18). The molecule has 2 N–H and O–H groups in total. The third-order valence-corrected chi connectivity index (χ3v) is 4.59. The van der Waals surface area contributed by atoms with Crippen molar-refractivity contribution in [3.05, 3.63) is 11.9 Å². The molecule has 1 aliphatic rings. The fraction of sp³-hybridized carbons (Fsp3) is 0.750. The molecule has 1 saturated carbocycles. The van der Waals surface area contributed by atoms with Gasteiger partial charge in [0.2, 0.25) is 0 Å². The Bertz CT molecular complexity index is 424. The van der Waals surface area contributed by atoms with Gasteiger partial charge in [-0.1, -0.05) is 11.6 Å². The van der Waals surface area contributed by atoms with E-state index in [9.17, 15) is 4.79 Å². The molecule has 2 rings (SSSR count). The molecule has 1 aromatic heterocycles. The van der Waals surface area contributed by atoms with Gasteiger partial charge in [0, 0.05) is 17.8 Å². The Hall–Kier alpha value is -1.08. The fourth-order valence-electron chi connectivity index (χ4n) is 2.43. The maximum atomic E-state index is 10.7. The van der Waals surface area contributed by atoms with E-state index in [1.807, 2.05) is 11.8 Å².